The number of nitrogens with zero attached hydrogens (tertiary/aromatic N) is 6. The second-order valence-corrected chi connectivity index (χ2v) is 11.4. The summed E-state index contributed by atoms with van der Waals surface area (Å²) >= 11 is 24.5. The molecule has 218 valence electrons. The van der Waals surface area contributed by atoms with E-state index in [4.69, 9.17) is 46.4 Å². The molecule has 4 aromatic rings. The molecule has 0 aliphatic heterocycles. The van der Waals surface area contributed by atoms with Gasteiger partial charge in [-0.05, 0) is 37.1 Å². The topological polar surface area (TPSA) is 43.4 Å². The van der Waals surface area contributed by atoms with Gasteiger partial charge in [-0.3, -0.25) is 0 Å². The molecule has 12 heteroatoms. The third kappa shape index (κ3) is 11.6. The van der Waals surface area contributed by atoms with Gasteiger partial charge in [-0.25, -0.2) is 9.13 Å². The number of hydrogen-bond acceptors (Lipinski definition) is 2. The average Bonchev–Trinajstić information content (AvgIpc) is 3.53. The summed E-state index contributed by atoms with van der Waals surface area (Å²) in [4.78, 5) is 0. The minimum absolute atomic E-state index is 0. The first-order valence-corrected chi connectivity index (χ1v) is 14.7. The van der Waals surface area contributed by atoms with E-state index in [1.54, 1.807) is 12.1 Å². The van der Waals surface area contributed by atoms with Gasteiger partial charge < -0.3 is 34.0 Å². The Kier molecular flexibility index (Phi) is 16.1. The summed E-state index contributed by atoms with van der Waals surface area (Å²) < 4.78 is 8.11. The van der Waals surface area contributed by atoms with Crippen LogP contribution in [0.25, 0.3) is 0 Å². The second kappa shape index (κ2) is 18.4. The molecule has 0 amide bonds. The van der Waals surface area contributed by atoms with Crippen LogP contribution in [0.5, 0.6) is 0 Å². The van der Waals surface area contributed by atoms with Crippen LogP contribution in [0.4, 0.5) is 0 Å². The predicted molar refractivity (Wildman–Crippen MR) is 153 cm³/mol. The second-order valence-electron chi connectivity index (χ2n) is 9.66. The molecule has 0 N–H and O–H groups in total. The summed E-state index contributed by atoms with van der Waals surface area (Å²) in [7, 11) is 0. The number of hydrogen-bond donors (Lipinski definition) is 0. The fourth-order valence-corrected chi connectivity index (χ4v) is 5.36. The van der Waals surface area contributed by atoms with E-state index in [2.05, 4.69) is 19.3 Å². The van der Waals surface area contributed by atoms with E-state index in [1.165, 1.54) is 51.4 Å². The summed E-state index contributed by atoms with van der Waals surface area (Å²) in [6.45, 7) is 3.26. The largest absolute Gasteiger partial charge is 1.00 e. The number of benzene rings is 2. The lowest BCUT2D eigenvalue weighted by Gasteiger charge is -2.02. The van der Waals surface area contributed by atoms with Gasteiger partial charge in [-0.1, -0.05) is 97.1 Å². The standard InChI is InChI=1S/C28H34Cl4N6.2BrH/c29-25-11-9-23(27(31)15-25)17-37-21-35(19-33-37)13-7-5-3-1-2-4-6-8-14-36-20-34-38(22-36)18-24-10-12-26(30)16-28(24)32;;/h9-12,15-16,19-22H,1-8,13-14,17-18H2;2*1H/q+2;;/p-2. The maximum absolute atomic E-state index is 6.28. The van der Waals surface area contributed by atoms with Gasteiger partial charge in [0.2, 0.25) is 12.7 Å². The van der Waals surface area contributed by atoms with Gasteiger partial charge in [-0.15, -0.1) is 9.36 Å². The highest BCUT2D eigenvalue weighted by Crippen LogP contribution is 2.22. The van der Waals surface area contributed by atoms with Gasteiger partial charge in [0.15, 0.2) is 0 Å². The quantitative estimate of drug-likeness (QED) is 0.135. The Balaban J connectivity index is 0.00000280. The van der Waals surface area contributed by atoms with Gasteiger partial charge in [0.1, 0.15) is 13.1 Å². The average molecular weight is 756 g/mol. The van der Waals surface area contributed by atoms with Crippen molar-refractivity contribution in [3.05, 3.63) is 92.9 Å². The van der Waals surface area contributed by atoms with Crippen molar-refractivity contribution in [1.29, 1.82) is 0 Å². The fourth-order valence-electron chi connectivity index (χ4n) is 4.42. The Morgan fingerprint density at radius 3 is 1.30 bits per heavy atom. The molecule has 0 unspecified atom stereocenters. The van der Waals surface area contributed by atoms with Gasteiger partial charge in [0.05, 0.1) is 13.1 Å². The van der Waals surface area contributed by atoms with E-state index >= 15 is 0 Å². The number of rotatable bonds is 15. The molecule has 0 radical (unpaired) electrons. The van der Waals surface area contributed by atoms with Crippen molar-refractivity contribution >= 4 is 46.4 Å². The molecule has 0 bridgehead atoms. The summed E-state index contributed by atoms with van der Waals surface area (Å²) in [5.41, 5.74) is 2.03. The summed E-state index contributed by atoms with van der Waals surface area (Å²) in [5.74, 6) is 0. The zero-order chi connectivity index (χ0) is 26.7. The lowest BCUT2D eigenvalue weighted by Crippen LogP contribution is -3.00. The first-order chi connectivity index (χ1) is 18.5. The van der Waals surface area contributed by atoms with Crippen LogP contribution in [0.15, 0.2) is 61.7 Å². The summed E-state index contributed by atoms with van der Waals surface area (Å²) in [5, 5.41) is 11.5. The Labute approximate surface area is 277 Å². The summed E-state index contributed by atoms with van der Waals surface area (Å²) in [6, 6.07) is 11.2. The highest BCUT2D eigenvalue weighted by atomic mass is 79.9. The van der Waals surface area contributed by atoms with Crippen LogP contribution in [-0.2, 0) is 26.2 Å². The van der Waals surface area contributed by atoms with E-state index < -0.39 is 0 Å². The molecule has 2 heterocycles. The Morgan fingerprint density at radius 1 is 0.550 bits per heavy atom. The molecule has 0 atom stereocenters. The third-order valence-corrected chi connectivity index (χ3v) is 7.71. The van der Waals surface area contributed by atoms with E-state index in [-0.39, 0.29) is 34.0 Å². The van der Waals surface area contributed by atoms with Gasteiger partial charge in [0.25, 0.3) is 12.7 Å². The number of halogens is 6. The highest BCUT2D eigenvalue weighted by Gasteiger charge is 2.11. The molecule has 2 aromatic carbocycles. The maximum Gasteiger partial charge on any atom is 0.265 e. The SMILES string of the molecule is Clc1ccc(Cn2c[n+](CCCCCCCCCC[n+]3cnn(Cc4ccc(Cl)cc4Cl)c3)cn2)c(Cl)c1.[Br-].[Br-]. The molecule has 6 nitrogen and oxygen atoms in total. The normalized spacial score (nSPS) is 10.8. The van der Waals surface area contributed by atoms with Crippen LogP contribution in [0.1, 0.15) is 62.5 Å². The summed E-state index contributed by atoms with van der Waals surface area (Å²) in [6.07, 6.45) is 17.8. The molecule has 40 heavy (non-hydrogen) atoms. The van der Waals surface area contributed by atoms with E-state index in [0.29, 0.717) is 33.2 Å². The van der Waals surface area contributed by atoms with Crippen molar-refractivity contribution in [3.63, 3.8) is 0 Å². The Bertz CT molecular complexity index is 1210. The molecule has 2 aromatic heterocycles. The van der Waals surface area contributed by atoms with Crippen molar-refractivity contribution < 1.29 is 43.1 Å². The van der Waals surface area contributed by atoms with Crippen molar-refractivity contribution in [3.8, 4) is 0 Å². The van der Waals surface area contributed by atoms with Gasteiger partial charge >= 0.3 is 0 Å². The van der Waals surface area contributed by atoms with Crippen LogP contribution >= 0.6 is 46.4 Å². The zero-order valence-corrected chi connectivity index (χ0v) is 28.4. The number of aryl methyl sites for hydroxylation is 2. The molecule has 0 saturated heterocycles. The maximum atomic E-state index is 6.28. The van der Waals surface area contributed by atoms with Crippen molar-refractivity contribution in [2.45, 2.75) is 77.5 Å². The van der Waals surface area contributed by atoms with Crippen LogP contribution in [0.2, 0.25) is 20.1 Å². The van der Waals surface area contributed by atoms with E-state index in [9.17, 15) is 0 Å². The van der Waals surface area contributed by atoms with Crippen molar-refractivity contribution in [2.75, 3.05) is 0 Å². The van der Waals surface area contributed by atoms with Crippen LogP contribution in [-0.4, -0.2) is 19.6 Å². The van der Waals surface area contributed by atoms with Crippen molar-refractivity contribution in [1.82, 2.24) is 19.6 Å². The Hall–Kier alpha value is -1.16. The first kappa shape index (κ1) is 35.0. The first-order valence-electron chi connectivity index (χ1n) is 13.2. The van der Waals surface area contributed by atoms with Crippen LogP contribution in [0.3, 0.4) is 0 Å². The fraction of sp³-hybridized carbons (Fsp3) is 0.429. The smallest absolute Gasteiger partial charge is 0.265 e. The zero-order valence-electron chi connectivity index (χ0n) is 22.2. The highest BCUT2D eigenvalue weighted by molar-refractivity contribution is 6.35. The monoisotopic (exact) mass is 752 g/mol. The minimum atomic E-state index is 0. The lowest BCUT2D eigenvalue weighted by molar-refractivity contribution is -0.698. The van der Waals surface area contributed by atoms with E-state index in [0.717, 1.165) is 24.2 Å². The number of unbranched alkanes of at least 4 members (excludes halogenated alkanes) is 7. The molecule has 0 fully saturated rings. The minimum Gasteiger partial charge on any atom is -1.00 e. The van der Waals surface area contributed by atoms with Crippen LogP contribution < -0.4 is 43.1 Å². The predicted octanol–water partition coefficient (Wildman–Crippen LogP) is 1.19. The molecule has 0 spiro atoms. The molecule has 0 aliphatic rings. The molecular weight excluding hydrogens is 722 g/mol. The van der Waals surface area contributed by atoms with Gasteiger partial charge in [0, 0.05) is 41.4 Å². The Morgan fingerprint density at radius 2 is 0.925 bits per heavy atom. The van der Waals surface area contributed by atoms with Gasteiger partial charge in [-0.2, -0.15) is 0 Å². The molecular formula is C28H34Br2Cl4N6. The number of aromatic nitrogens is 6. The lowest BCUT2D eigenvalue weighted by atomic mass is 10.1. The van der Waals surface area contributed by atoms with E-state index in [1.807, 2.05) is 58.9 Å². The molecule has 0 aliphatic carbocycles. The third-order valence-electron chi connectivity index (χ3n) is 6.54. The van der Waals surface area contributed by atoms with Crippen LogP contribution in [0, 0.1) is 0 Å². The molecule has 4 rings (SSSR count). The van der Waals surface area contributed by atoms with Crippen molar-refractivity contribution in [2.24, 2.45) is 0 Å². The molecule has 0 saturated carbocycles.